The van der Waals surface area contributed by atoms with Crippen LogP contribution < -0.4 is 15.8 Å². The van der Waals surface area contributed by atoms with Crippen LogP contribution in [0.25, 0.3) is 0 Å². The number of ketones is 1. The van der Waals surface area contributed by atoms with Gasteiger partial charge in [-0.15, -0.1) is 12.4 Å². The summed E-state index contributed by atoms with van der Waals surface area (Å²) in [5.41, 5.74) is 6.05. The fourth-order valence-electron chi connectivity index (χ4n) is 3.40. The second-order valence-corrected chi connectivity index (χ2v) is 6.58. The zero-order valence-corrected chi connectivity index (χ0v) is 15.9. The number of nitrogens with two attached hydrogens (primary N) is 1. The largest absolute Gasteiger partial charge is 0.494 e. The van der Waals surface area contributed by atoms with Crippen LogP contribution in [0.1, 0.15) is 55.3 Å². The Balaban J connectivity index is 0.00000338. The van der Waals surface area contributed by atoms with E-state index in [-0.39, 0.29) is 54.3 Å². The lowest BCUT2D eigenvalue weighted by Gasteiger charge is -2.30. The molecule has 0 saturated heterocycles. The van der Waals surface area contributed by atoms with Gasteiger partial charge < -0.3 is 15.8 Å². The van der Waals surface area contributed by atoms with Crippen LogP contribution in [0.15, 0.2) is 18.2 Å². The average molecular weight is 387 g/mol. The summed E-state index contributed by atoms with van der Waals surface area (Å²) < 4.78 is 18.5. The van der Waals surface area contributed by atoms with Gasteiger partial charge in [-0.05, 0) is 37.0 Å². The van der Waals surface area contributed by atoms with Crippen LogP contribution in [0.2, 0.25) is 0 Å². The van der Waals surface area contributed by atoms with E-state index >= 15 is 0 Å². The molecule has 26 heavy (non-hydrogen) atoms. The smallest absolute Gasteiger partial charge is 0.220 e. The zero-order chi connectivity index (χ0) is 18.2. The van der Waals surface area contributed by atoms with Gasteiger partial charge in [0.15, 0.2) is 17.3 Å². The number of benzene rings is 1. The Hall–Kier alpha value is -1.66. The van der Waals surface area contributed by atoms with Gasteiger partial charge in [0.25, 0.3) is 0 Å². The molecule has 5 nitrogen and oxygen atoms in total. The Labute approximate surface area is 160 Å². The number of nitrogens with one attached hydrogen (secondary N) is 1. The van der Waals surface area contributed by atoms with E-state index in [0.29, 0.717) is 12.5 Å². The standard InChI is InChI=1S/C19H27FN2O3.ClH/c1-25-18-9-7-14(11-15(18)20)17(23)8-10-19(24)22-16(12-21)13-5-3-2-4-6-13;/h7,9,11,13,16H,2-6,8,10,12,21H2,1H3,(H,22,24);1H. The third-order valence-corrected chi connectivity index (χ3v) is 4.87. The van der Waals surface area contributed by atoms with E-state index in [1.807, 2.05) is 0 Å². The maximum Gasteiger partial charge on any atom is 0.220 e. The Morgan fingerprint density at radius 1 is 1.27 bits per heavy atom. The van der Waals surface area contributed by atoms with Crippen molar-refractivity contribution in [2.45, 2.75) is 51.0 Å². The number of carbonyl (C=O) groups excluding carboxylic acids is 2. The van der Waals surface area contributed by atoms with Crippen molar-refractivity contribution in [1.82, 2.24) is 5.32 Å². The topological polar surface area (TPSA) is 81.4 Å². The molecule has 0 bridgehead atoms. The van der Waals surface area contributed by atoms with E-state index in [1.165, 1.54) is 38.5 Å². The molecule has 7 heteroatoms. The van der Waals surface area contributed by atoms with Gasteiger partial charge in [0, 0.05) is 31.0 Å². The number of Topliss-reactive ketones (excluding diaryl/α,β-unsaturated/α-hetero) is 1. The molecule has 0 aliphatic heterocycles. The van der Waals surface area contributed by atoms with Gasteiger partial charge in [0.1, 0.15) is 0 Å². The maximum absolute atomic E-state index is 13.7. The van der Waals surface area contributed by atoms with E-state index in [4.69, 9.17) is 10.5 Å². The highest BCUT2D eigenvalue weighted by Gasteiger charge is 2.24. The van der Waals surface area contributed by atoms with Crippen molar-refractivity contribution in [3.05, 3.63) is 29.6 Å². The van der Waals surface area contributed by atoms with Crippen LogP contribution in [0, 0.1) is 11.7 Å². The van der Waals surface area contributed by atoms with Crippen LogP contribution in [-0.2, 0) is 4.79 Å². The summed E-state index contributed by atoms with van der Waals surface area (Å²) in [7, 11) is 1.37. The van der Waals surface area contributed by atoms with Crippen molar-refractivity contribution >= 4 is 24.1 Å². The number of rotatable bonds is 8. The molecule has 1 aliphatic rings. The van der Waals surface area contributed by atoms with Crippen molar-refractivity contribution in [1.29, 1.82) is 0 Å². The maximum atomic E-state index is 13.7. The minimum Gasteiger partial charge on any atom is -0.494 e. The quantitative estimate of drug-likeness (QED) is 0.672. The molecule has 1 aromatic carbocycles. The highest BCUT2D eigenvalue weighted by molar-refractivity contribution is 5.98. The first-order valence-electron chi connectivity index (χ1n) is 8.91. The van der Waals surface area contributed by atoms with Gasteiger partial charge in [-0.25, -0.2) is 4.39 Å². The summed E-state index contributed by atoms with van der Waals surface area (Å²) in [4.78, 5) is 24.3. The molecular weight excluding hydrogens is 359 g/mol. The minimum atomic E-state index is -0.585. The lowest BCUT2D eigenvalue weighted by molar-refractivity contribution is -0.122. The van der Waals surface area contributed by atoms with Crippen molar-refractivity contribution in [3.8, 4) is 5.75 Å². The summed E-state index contributed by atoms with van der Waals surface area (Å²) in [5.74, 6) is -0.512. The summed E-state index contributed by atoms with van der Waals surface area (Å²) in [6.45, 7) is 0.411. The van der Waals surface area contributed by atoms with Gasteiger partial charge in [-0.2, -0.15) is 0 Å². The zero-order valence-electron chi connectivity index (χ0n) is 15.1. The molecule has 1 saturated carbocycles. The van der Waals surface area contributed by atoms with Gasteiger partial charge >= 0.3 is 0 Å². The highest BCUT2D eigenvalue weighted by atomic mass is 35.5. The van der Waals surface area contributed by atoms with Crippen LogP contribution in [-0.4, -0.2) is 31.4 Å². The number of halogens is 2. The summed E-state index contributed by atoms with van der Waals surface area (Å²) in [5, 5.41) is 2.96. The Morgan fingerprint density at radius 3 is 2.54 bits per heavy atom. The average Bonchev–Trinajstić information content (AvgIpc) is 2.64. The van der Waals surface area contributed by atoms with E-state index in [0.717, 1.165) is 18.9 Å². The fourth-order valence-corrected chi connectivity index (χ4v) is 3.40. The molecule has 1 fully saturated rings. The van der Waals surface area contributed by atoms with Gasteiger partial charge in [0.2, 0.25) is 5.91 Å². The van der Waals surface area contributed by atoms with Gasteiger partial charge in [-0.1, -0.05) is 19.3 Å². The van der Waals surface area contributed by atoms with Gasteiger partial charge in [-0.3, -0.25) is 9.59 Å². The molecule has 0 heterocycles. The normalized spacial score (nSPS) is 15.7. The molecule has 0 spiro atoms. The fraction of sp³-hybridized carbons (Fsp3) is 0.579. The second-order valence-electron chi connectivity index (χ2n) is 6.58. The molecule has 0 radical (unpaired) electrons. The lowest BCUT2D eigenvalue weighted by atomic mass is 9.84. The molecule has 1 unspecified atom stereocenters. The SMILES string of the molecule is COc1ccc(C(=O)CCC(=O)NC(CN)C2CCCCC2)cc1F.Cl. The summed E-state index contributed by atoms with van der Waals surface area (Å²) >= 11 is 0. The molecule has 1 atom stereocenters. The number of carbonyl (C=O) groups is 2. The van der Waals surface area contributed by atoms with Crippen molar-refractivity contribution in [3.63, 3.8) is 0 Å². The van der Waals surface area contributed by atoms with E-state index in [1.54, 1.807) is 0 Å². The molecule has 1 aliphatic carbocycles. The number of ether oxygens (including phenoxy) is 1. The van der Waals surface area contributed by atoms with E-state index in [9.17, 15) is 14.0 Å². The molecule has 3 N–H and O–H groups in total. The number of methoxy groups -OCH3 is 1. The minimum absolute atomic E-state index is 0. The highest BCUT2D eigenvalue weighted by Crippen LogP contribution is 2.26. The van der Waals surface area contributed by atoms with Crippen LogP contribution in [0.5, 0.6) is 5.75 Å². The summed E-state index contributed by atoms with van der Waals surface area (Å²) in [6, 6.07) is 4.04. The summed E-state index contributed by atoms with van der Waals surface area (Å²) in [6.07, 6.45) is 5.90. The first-order chi connectivity index (χ1) is 12.0. The predicted octanol–water partition coefficient (Wildman–Crippen LogP) is 3.24. The van der Waals surface area contributed by atoms with Crippen molar-refractivity contribution in [2.24, 2.45) is 11.7 Å². The Morgan fingerprint density at radius 2 is 1.96 bits per heavy atom. The van der Waals surface area contributed by atoms with E-state index in [2.05, 4.69) is 5.32 Å². The molecule has 1 aromatic rings. The number of amides is 1. The molecule has 2 rings (SSSR count). The van der Waals surface area contributed by atoms with Crippen LogP contribution in [0.4, 0.5) is 4.39 Å². The molecule has 146 valence electrons. The Kier molecular flexibility index (Phi) is 9.59. The Bertz CT molecular complexity index is 606. The number of hydrogen-bond donors (Lipinski definition) is 2. The third-order valence-electron chi connectivity index (χ3n) is 4.87. The first kappa shape index (κ1) is 22.4. The van der Waals surface area contributed by atoms with Crippen LogP contribution >= 0.6 is 12.4 Å². The number of hydrogen-bond acceptors (Lipinski definition) is 4. The molecular formula is C19H28ClFN2O3. The predicted molar refractivity (Wildman–Crippen MR) is 101 cm³/mol. The third kappa shape index (κ3) is 6.25. The van der Waals surface area contributed by atoms with Crippen molar-refractivity contribution < 1.29 is 18.7 Å². The van der Waals surface area contributed by atoms with Crippen LogP contribution in [0.3, 0.4) is 0 Å². The molecule has 1 amide bonds. The monoisotopic (exact) mass is 386 g/mol. The van der Waals surface area contributed by atoms with E-state index < -0.39 is 5.82 Å². The van der Waals surface area contributed by atoms with Crippen molar-refractivity contribution in [2.75, 3.05) is 13.7 Å². The first-order valence-corrected chi connectivity index (χ1v) is 8.91. The molecule has 0 aromatic heterocycles. The lowest BCUT2D eigenvalue weighted by Crippen LogP contribution is -2.45. The van der Waals surface area contributed by atoms with Gasteiger partial charge in [0.05, 0.1) is 7.11 Å². The second kappa shape index (κ2) is 11.1.